The van der Waals surface area contributed by atoms with Gasteiger partial charge in [-0.1, -0.05) is 6.08 Å². The molecule has 0 aromatic heterocycles. The van der Waals surface area contributed by atoms with Crippen molar-refractivity contribution in [1.29, 1.82) is 0 Å². The topological polar surface area (TPSA) is 54.0 Å². The monoisotopic (exact) mass is 228 g/mol. The lowest BCUT2D eigenvalue weighted by atomic mass is 9.95. The third-order valence-corrected chi connectivity index (χ3v) is 2.12. The van der Waals surface area contributed by atoms with Gasteiger partial charge in [-0.15, -0.1) is 0 Å². The minimum absolute atomic E-state index is 0.0562. The van der Waals surface area contributed by atoms with Crippen molar-refractivity contribution in [2.24, 2.45) is 0 Å². The van der Waals surface area contributed by atoms with Gasteiger partial charge in [0, 0.05) is 20.6 Å². The number of carbonyl (C=O) groups is 1. The third-order valence-electron chi connectivity index (χ3n) is 2.12. The van der Waals surface area contributed by atoms with Crippen LogP contribution in [0.5, 0.6) is 0 Å². The Labute approximate surface area is 94.6 Å². The molecule has 16 heavy (non-hydrogen) atoms. The summed E-state index contributed by atoms with van der Waals surface area (Å²) in [4.78, 5) is 11.1. The number of hydrogen-bond donors (Lipinski definition) is 0. The molecule has 0 amide bonds. The molecule has 1 unspecified atom stereocenters. The number of rotatable bonds is 7. The van der Waals surface area contributed by atoms with Gasteiger partial charge in [-0.3, -0.25) is 4.79 Å². The van der Waals surface area contributed by atoms with Gasteiger partial charge in [0.25, 0.3) is 0 Å². The SMILES string of the molecule is COCOC1=CC=CC(C=O)(OCOC)C1. The zero-order chi connectivity index (χ0) is 11.9. The van der Waals surface area contributed by atoms with Crippen LogP contribution in [0.4, 0.5) is 0 Å². The summed E-state index contributed by atoms with van der Waals surface area (Å²) in [6.45, 7) is 0.208. The van der Waals surface area contributed by atoms with E-state index in [1.165, 1.54) is 14.2 Å². The van der Waals surface area contributed by atoms with Crippen molar-refractivity contribution < 1.29 is 23.7 Å². The van der Waals surface area contributed by atoms with E-state index in [-0.39, 0.29) is 13.6 Å². The summed E-state index contributed by atoms with van der Waals surface area (Å²) in [5, 5.41) is 0. The molecule has 0 heterocycles. The second kappa shape index (κ2) is 6.42. The summed E-state index contributed by atoms with van der Waals surface area (Å²) < 4.78 is 20.2. The first-order chi connectivity index (χ1) is 7.76. The van der Waals surface area contributed by atoms with Gasteiger partial charge in [-0.2, -0.15) is 0 Å². The fourth-order valence-corrected chi connectivity index (χ4v) is 1.32. The Morgan fingerprint density at radius 2 is 2.12 bits per heavy atom. The number of carbonyl (C=O) groups excluding carboxylic acids is 1. The van der Waals surface area contributed by atoms with Gasteiger partial charge in [-0.05, 0) is 12.2 Å². The molecule has 0 N–H and O–H groups in total. The van der Waals surface area contributed by atoms with E-state index in [0.717, 1.165) is 6.29 Å². The number of hydrogen-bond acceptors (Lipinski definition) is 5. The first-order valence-corrected chi connectivity index (χ1v) is 4.85. The maximum atomic E-state index is 11.1. The van der Waals surface area contributed by atoms with Crippen molar-refractivity contribution in [3.63, 3.8) is 0 Å². The summed E-state index contributed by atoms with van der Waals surface area (Å²) in [7, 11) is 3.04. The number of aldehydes is 1. The molecule has 0 aromatic carbocycles. The van der Waals surface area contributed by atoms with Crippen molar-refractivity contribution in [2.75, 3.05) is 27.8 Å². The smallest absolute Gasteiger partial charge is 0.188 e. The van der Waals surface area contributed by atoms with E-state index in [0.29, 0.717) is 12.2 Å². The van der Waals surface area contributed by atoms with Crippen LogP contribution in [0, 0.1) is 0 Å². The molecule has 0 radical (unpaired) electrons. The Kier molecular flexibility index (Phi) is 5.18. The summed E-state index contributed by atoms with van der Waals surface area (Å²) in [6.07, 6.45) is 6.26. The second-order valence-corrected chi connectivity index (χ2v) is 3.34. The largest absolute Gasteiger partial charge is 0.472 e. The van der Waals surface area contributed by atoms with Crippen molar-refractivity contribution in [3.05, 3.63) is 24.0 Å². The van der Waals surface area contributed by atoms with Crippen molar-refractivity contribution >= 4 is 6.29 Å². The average molecular weight is 228 g/mol. The Morgan fingerprint density at radius 1 is 1.38 bits per heavy atom. The van der Waals surface area contributed by atoms with Gasteiger partial charge >= 0.3 is 0 Å². The molecule has 0 bridgehead atoms. The lowest BCUT2D eigenvalue weighted by Crippen LogP contribution is -2.35. The van der Waals surface area contributed by atoms with Gasteiger partial charge in [-0.25, -0.2) is 0 Å². The van der Waals surface area contributed by atoms with E-state index in [9.17, 15) is 4.79 Å². The van der Waals surface area contributed by atoms with E-state index >= 15 is 0 Å². The summed E-state index contributed by atoms with van der Waals surface area (Å²) in [5.74, 6) is 0.646. The Bertz CT molecular complexity index is 284. The molecule has 0 aromatic rings. The molecule has 1 atom stereocenters. The van der Waals surface area contributed by atoms with Crippen LogP contribution in [0.25, 0.3) is 0 Å². The standard InChI is InChI=1S/C11H16O5/c1-13-8-15-10-4-3-5-11(6-10,7-12)16-9-14-2/h3-5,7H,6,8-9H2,1-2H3. The van der Waals surface area contributed by atoms with Crippen LogP contribution >= 0.6 is 0 Å². The van der Waals surface area contributed by atoms with Crippen molar-refractivity contribution in [1.82, 2.24) is 0 Å². The molecule has 5 nitrogen and oxygen atoms in total. The van der Waals surface area contributed by atoms with Crippen LogP contribution in [0.2, 0.25) is 0 Å². The first kappa shape index (κ1) is 12.9. The highest BCUT2D eigenvalue weighted by atomic mass is 16.7. The molecule has 0 saturated heterocycles. The maximum Gasteiger partial charge on any atom is 0.188 e. The third kappa shape index (κ3) is 3.44. The molecule has 0 fully saturated rings. The molecule has 1 rings (SSSR count). The first-order valence-electron chi connectivity index (χ1n) is 4.85. The van der Waals surface area contributed by atoms with Crippen LogP contribution < -0.4 is 0 Å². The summed E-state index contributed by atoms with van der Waals surface area (Å²) >= 11 is 0. The van der Waals surface area contributed by atoms with Crippen LogP contribution in [0.1, 0.15) is 6.42 Å². The van der Waals surface area contributed by atoms with Gasteiger partial charge in [0.05, 0.1) is 0 Å². The number of ether oxygens (including phenoxy) is 4. The minimum Gasteiger partial charge on any atom is -0.472 e. The van der Waals surface area contributed by atoms with Gasteiger partial charge in [0.1, 0.15) is 12.6 Å². The molecule has 1 aliphatic rings. The second-order valence-electron chi connectivity index (χ2n) is 3.34. The van der Waals surface area contributed by atoms with Crippen LogP contribution in [-0.4, -0.2) is 39.7 Å². The quantitative estimate of drug-likeness (QED) is 0.481. The van der Waals surface area contributed by atoms with Crippen LogP contribution in [0.3, 0.4) is 0 Å². The molecule has 1 aliphatic carbocycles. The van der Waals surface area contributed by atoms with Crippen molar-refractivity contribution in [2.45, 2.75) is 12.0 Å². The van der Waals surface area contributed by atoms with Gasteiger partial charge < -0.3 is 18.9 Å². The van der Waals surface area contributed by atoms with E-state index in [2.05, 4.69) is 0 Å². The highest BCUT2D eigenvalue weighted by molar-refractivity contribution is 5.67. The highest BCUT2D eigenvalue weighted by Gasteiger charge is 2.31. The fourth-order valence-electron chi connectivity index (χ4n) is 1.32. The van der Waals surface area contributed by atoms with E-state index in [1.54, 1.807) is 18.2 Å². The lowest BCUT2D eigenvalue weighted by Gasteiger charge is -2.27. The predicted molar refractivity (Wildman–Crippen MR) is 56.6 cm³/mol. The predicted octanol–water partition coefficient (Wildman–Crippen LogP) is 1.01. The number of methoxy groups -OCH3 is 2. The number of allylic oxidation sites excluding steroid dienone is 2. The van der Waals surface area contributed by atoms with Crippen LogP contribution in [0.15, 0.2) is 24.0 Å². The molecule has 90 valence electrons. The average Bonchev–Trinajstić information content (AvgIpc) is 2.34. The summed E-state index contributed by atoms with van der Waals surface area (Å²) in [5.41, 5.74) is -0.992. The Hall–Kier alpha value is -1.17. The molecular formula is C11H16O5. The maximum absolute atomic E-state index is 11.1. The normalized spacial score (nSPS) is 24.0. The fraction of sp³-hybridized carbons (Fsp3) is 0.545. The van der Waals surface area contributed by atoms with Crippen molar-refractivity contribution in [3.8, 4) is 0 Å². The minimum atomic E-state index is -0.992. The summed E-state index contributed by atoms with van der Waals surface area (Å²) in [6, 6.07) is 0. The molecule has 0 saturated carbocycles. The zero-order valence-corrected chi connectivity index (χ0v) is 9.47. The molecule has 0 spiro atoms. The van der Waals surface area contributed by atoms with E-state index < -0.39 is 5.60 Å². The molecule has 5 heteroatoms. The lowest BCUT2D eigenvalue weighted by molar-refractivity contribution is -0.143. The van der Waals surface area contributed by atoms with Gasteiger partial charge in [0.15, 0.2) is 18.7 Å². The highest BCUT2D eigenvalue weighted by Crippen LogP contribution is 2.25. The molecule has 0 aliphatic heterocycles. The van der Waals surface area contributed by atoms with E-state index in [1.807, 2.05) is 0 Å². The Morgan fingerprint density at radius 3 is 2.75 bits per heavy atom. The molecular weight excluding hydrogens is 212 g/mol. The van der Waals surface area contributed by atoms with Crippen LogP contribution in [-0.2, 0) is 23.7 Å². The van der Waals surface area contributed by atoms with Gasteiger partial charge in [0.2, 0.25) is 0 Å². The Balaban J connectivity index is 2.59. The zero-order valence-electron chi connectivity index (χ0n) is 9.47. The van der Waals surface area contributed by atoms with E-state index in [4.69, 9.17) is 18.9 Å².